The van der Waals surface area contributed by atoms with E-state index < -0.39 is 16.0 Å². The molecule has 2 N–H and O–H groups in total. The van der Waals surface area contributed by atoms with Crippen LogP contribution in [0.5, 0.6) is 5.75 Å². The maximum absolute atomic E-state index is 12.2. The summed E-state index contributed by atoms with van der Waals surface area (Å²) >= 11 is 0. The molecule has 0 fully saturated rings. The third-order valence-electron chi connectivity index (χ3n) is 4.58. The zero-order valence-electron chi connectivity index (χ0n) is 15.4. The van der Waals surface area contributed by atoms with Gasteiger partial charge < -0.3 is 9.84 Å². The van der Waals surface area contributed by atoms with E-state index in [2.05, 4.69) is 4.72 Å². The van der Waals surface area contributed by atoms with Crippen molar-refractivity contribution >= 4 is 21.7 Å². The maximum atomic E-state index is 12.2. The van der Waals surface area contributed by atoms with E-state index in [1.165, 1.54) is 6.08 Å². The first kappa shape index (κ1) is 19.0. The summed E-state index contributed by atoms with van der Waals surface area (Å²) in [5.41, 5.74) is 4.83. The molecule has 3 rings (SSSR count). The molecule has 2 aromatic rings. The molecule has 7 heteroatoms. The molecule has 1 aliphatic heterocycles. The fraction of sp³-hybridized carbons (Fsp3) is 0.250. The first-order chi connectivity index (χ1) is 12.7. The first-order valence-electron chi connectivity index (χ1n) is 8.46. The van der Waals surface area contributed by atoms with Gasteiger partial charge in [-0.25, -0.2) is 8.42 Å². The monoisotopic (exact) mass is 387 g/mol. The van der Waals surface area contributed by atoms with Gasteiger partial charge in [-0.15, -0.1) is 0 Å². The second-order valence-electron chi connectivity index (χ2n) is 6.57. The van der Waals surface area contributed by atoms with Crippen LogP contribution < -0.4 is 9.46 Å². The molecule has 0 saturated heterocycles. The molecule has 0 spiro atoms. The maximum Gasteiger partial charge on any atom is 0.307 e. The molecular weight excluding hydrogens is 366 g/mol. The van der Waals surface area contributed by atoms with E-state index in [1.54, 1.807) is 6.92 Å². The summed E-state index contributed by atoms with van der Waals surface area (Å²) in [5, 5.41) is 10.5. The fourth-order valence-electron chi connectivity index (χ4n) is 3.30. The summed E-state index contributed by atoms with van der Waals surface area (Å²) in [4.78, 5) is 11.5. The molecule has 1 heterocycles. The van der Waals surface area contributed by atoms with E-state index in [0.717, 1.165) is 22.1 Å². The Morgan fingerprint density at radius 3 is 2.44 bits per heavy atom. The number of aliphatic carboxylic acids is 1. The Balaban J connectivity index is 2.34. The number of carboxylic acid groups (broad SMARTS) is 1. The van der Waals surface area contributed by atoms with Crippen molar-refractivity contribution < 1.29 is 23.1 Å². The average molecular weight is 387 g/mol. The highest BCUT2D eigenvalue weighted by Crippen LogP contribution is 2.43. The molecule has 1 aliphatic rings. The first-order valence-corrected chi connectivity index (χ1v) is 10.0. The lowest BCUT2D eigenvalue weighted by Crippen LogP contribution is -2.17. The smallest absolute Gasteiger partial charge is 0.307 e. The number of sulfonamides is 1. The van der Waals surface area contributed by atoms with Gasteiger partial charge in [0.15, 0.2) is 0 Å². The van der Waals surface area contributed by atoms with Crippen LogP contribution in [0.3, 0.4) is 0 Å². The number of hydrogen-bond donors (Lipinski definition) is 2. The Bertz CT molecular complexity index is 1040. The minimum Gasteiger partial charge on any atom is -0.487 e. The van der Waals surface area contributed by atoms with Crippen LogP contribution in [0.15, 0.2) is 35.7 Å². The Hall–Kier alpha value is -2.80. The Kier molecular flexibility index (Phi) is 4.97. The minimum absolute atomic E-state index is 0.111. The SMILES string of the molecule is Cc1ccc(-c2c(C)c3c(c(C)c2CC(=O)O)NS(=O)(=O)/C=C\CO3)cc1. The van der Waals surface area contributed by atoms with E-state index in [9.17, 15) is 18.3 Å². The molecule has 0 aromatic heterocycles. The normalized spacial score (nSPS) is 16.3. The van der Waals surface area contributed by atoms with Crippen LogP contribution >= 0.6 is 0 Å². The second kappa shape index (κ2) is 7.08. The van der Waals surface area contributed by atoms with Gasteiger partial charge in [0, 0.05) is 5.56 Å². The number of ether oxygens (including phenoxy) is 1. The predicted molar refractivity (Wildman–Crippen MR) is 105 cm³/mol. The molecule has 2 aromatic carbocycles. The van der Waals surface area contributed by atoms with Crippen molar-refractivity contribution in [3.8, 4) is 16.9 Å². The summed E-state index contributed by atoms with van der Waals surface area (Å²) in [7, 11) is -3.68. The van der Waals surface area contributed by atoms with Crippen LogP contribution in [0.25, 0.3) is 11.1 Å². The van der Waals surface area contributed by atoms with E-state index in [-0.39, 0.29) is 13.0 Å². The van der Waals surface area contributed by atoms with Crippen LogP contribution in [-0.2, 0) is 21.2 Å². The van der Waals surface area contributed by atoms with Crippen molar-refractivity contribution in [1.82, 2.24) is 0 Å². The summed E-state index contributed by atoms with van der Waals surface area (Å²) in [5.74, 6) is -0.564. The van der Waals surface area contributed by atoms with Gasteiger partial charge >= 0.3 is 5.97 Å². The molecule has 6 nitrogen and oxygen atoms in total. The van der Waals surface area contributed by atoms with Gasteiger partial charge in [-0.1, -0.05) is 29.8 Å². The van der Waals surface area contributed by atoms with Crippen molar-refractivity contribution in [3.63, 3.8) is 0 Å². The molecule has 0 unspecified atom stereocenters. The Labute approximate surface area is 158 Å². The number of rotatable bonds is 3. The average Bonchev–Trinajstić information content (AvgIpc) is 2.57. The summed E-state index contributed by atoms with van der Waals surface area (Å²) in [6.07, 6.45) is 1.21. The number of fused-ring (bicyclic) bond motifs is 1. The van der Waals surface area contributed by atoms with Crippen LogP contribution in [0, 0.1) is 20.8 Å². The standard InChI is InChI=1S/C20H21NO5S/c1-12-5-7-15(8-6-12)18-14(3)20-19(13(2)16(18)11-17(22)23)21-27(24,25)10-4-9-26-20/h4-8,10,21H,9,11H2,1-3H3,(H,22,23)/b10-4-. The molecular formula is C20H21NO5S. The van der Waals surface area contributed by atoms with E-state index in [1.807, 2.05) is 38.1 Å². The highest BCUT2D eigenvalue weighted by molar-refractivity contribution is 7.95. The van der Waals surface area contributed by atoms with Crippen LogP contribution in [0.2, 0.25) is 0 Å². The Morgan fingerprint density at radius 2 is 1.81 bits per heavy atom. The number of aryl methyl sites for hydroxylation is 1. The number of nitrogens with one attached hydrogen (secondary N) is 1. The van der Waals surface area contributed by atoms with Gasteiger partial charge in [0.2, 0.25) is 0 Å². The quantitative estimate of drug-likeness (QED) is 0.840. The summed E-state index contributed by atoms with van der Waals surface area (Å²) in [6, 6.07) is 7.78. The predicted octanol–water partition coefficient (Wildman–Crippen LogP) is 3.55. The van der Waals surface area contributed by atoms with Crippen molar-refractivity contribution in [2.24, 2.45) is 0 Å². The fourth-order valence-corrected chi connectivity index (χ4v) is 4.23. The lowest BCUT2D eigenvalue weighted by atomic mass is 9.88. The third-order valence-corrected chi connectivity index (χ3v) is 5.62. The lowest BCUT2D eigenvalue weighted by Gasteiger charge is -2.24. The van der Waals surface area contributed by atoms with E-state index in [0.29, 0.717) is 28.1 Å². The number of benzene rings is 2. The largest absolute Gasteiger partial charge is 0.487 e. The zero-order chi connectivity index (χ0) is 19.8. The summed E-state index contributed by atoms with van der Waals surface area (Å²) in [6.45, 7) is 5.62. The summed E-state index contributed by atoms with van der Waals surface area (Å²) < 4.78 is 32.7. The van der Waals surface area contributed by atoms with Crippen LogP contribution in [0.1, 0.15) is 22.3 Å². The number of carbonyl (C=O) groups is 1. The van der Waals surface area contributed by atoms with Crippen LogP contribution in [-0.4, -0.2) is 26.1 Å². The molecule has 142 valence electrons. The van der Waals surface area contributed by atoms with Gasteiger partial charge in [0.25, 0.3) is 10.0 Å². The highest BCUT2D eigenvalue weighted by atomic mass is 32.2. The van der Waals surface area contributed by atoms with Crippen molar-refractivity contribution in [2.45, 2.75) is 27.2 Å². The number of anilines is 1. The number of hydrogen-bond acceptors (Lipinski definition) is 4. The topological polar surface area (TPSA) is 92.7 Å². The van der Waals surface area contributed by atoms with Crippen LogP contribution in [0.4, 0.5) is 5.69 Å². The van der Waals surface area contributed by atoms with Crippen molar-refractivity contribution in [2.75, 3.05) is 11.3 Å². The van der Waals surface area contributed by atoms with Gasteiger partial charge in [-0.3, -0.25) is 9.52 Å². The second-order valence-corrected chi connectivity index (χ2v) is 8.14. The number of carboxylic acids is 1. The molecule has 27 heavy (non-hydrogen) atoms. The molecule has 0 aliphatic carbocycles. The minimum atomic E-state index is -3.68. The molecule has 0 amide bonds. The van der Waals surface area contributed by atoms with E-state index in [4.69, 9.17) is 4.74 Å². The van der Waals surface area contributed by atoms with E-state index >= 15 is 0 Å². The molecule has 0 bridgehead atoms. The molecule has 0 radical (unpaired) electrons. The van der Waals surface area contributed by atoms with Gasteiger partial charge in [0.05, 0.1) is 17.5 Å². The van der Waals surface area contributed by atoms with Gasteiger partial charge in [-0.05, 0) is 49.1 Å². The third kappa shape index (κ3) is 3.83. The lowest BCUT2D eigenvalue weighted by molar-refractivity contribution is -0.136. The molecule has 0 atom stereocenters. The molecule has 0 saturated carbocycles. The Morgan fingerprint density at radius 1 is 1.15 bits per heavy atom. The van der Waals surface area contributed by atoms with Crippen molar-refractivity contribution in [3.05, 3.63) is 58.0 Å². The van der Waals surface area contributed by atoms with Gasteiger partial charge in [-0.2, -0.15) is 0 Å². The van der Waals surface area contributed by atoms with Crippen molar-refractivity contribution in [1.29, 1.82) is 0 Å². The zero-order valence-corrected chi connectivity index (χ0v) is 16.2. The highest BCUT2D eigenvalue weighted by Gasteiger charge is 2.25. The van der Waals surface area contributed by atoms with Gasteiger partial charge in [0.1, 0.15) is 12.4 Å².